The van der Waals surface area contributed by atoms with Crippen LogP contribution in [0, 0.1) is 10.1 Å². The fraction of sp³-hybridized carbons (Fsp3) is 0.444. The number of hydrogen-bond donors (Lipinski definition) is 2. The Morgan fingerprint density at radius 3 is 2.82 bits per heavy atom. The Labute approximate surface area is 106 Å². The molecule has 0 aliphatic rings. The highest BCUT2D eigenvalue weighted by atomic mass is 35.5. The van der Waals surface area contributed by atoms with E-state index in [1.54, 1.807) is 0 Å². The maximum atomic E-state index is 11.7. The molecule has 0 fully saturated rings. The summed E-state index contributed by atoms with van der Waals surface area (Å²) in [5.74, 6) is -0.467. The fourth-order valence-corrected chi connectivity index (χ4v) is 2.26. The summed E-state index contributed by atoms with van der Waals surface area (Å²) >= 11 is 6.48. The van der Waals surface area contributed by atoms with E-state index in [0.29, 0.717) is 6.42 Å². The van der Waals surface area contributed by atoms with Gasteiger partial charge in [0.2, 0.25) is 0 Å². The normalized spacial score (nSPS) is 12.2. The quantitative estimate of drug-likeness (QED) is 0.634. The second-order valence-electron chi connectivity index (χ2n) is 3.29. The molecule has 1 atom stereocenters. The van der Waals surface area contributed by atoms with Gasteiger partial charge in [-0.1, -0.05) is 18.5 Å². The summed E-state index contributed by atoms with van der Waals surface area (Å²) < 4.78 is -0.0304. The highest BCUT2D eigenvalue weighted by Crippen LogP contribution is 2.33. The Morgan fingerprint density at radius 1 is 1.76 bits per heavy atom. The van der Waals surface area contributed by atoms with Gasteiger partial charge in [0.05, 0.1) is 17.6 Å². The van der Waals surface area contributed by atoms with Crippen molar-refractivity contribution >= 4 is 34.5 Å². The molecule has 2 N–H and O–H groups in total. The third-order valence-corrected chi connectivity index (χ3v) is 3.47. The molecule has 0 saturated heterocycles. The van der Waals surface area contributed by atoms with Gasteiger partial charge >= 0.3 is 0 Å². The van der Waals surface area contributed by atoms with Gasteiger partial charge in [-0.25, -0.2) is 0 Å². The van der Waals surface area contributed by atoms with Crippen molar-refractivity contribution in [2.75, 3.05) is 6.61 Å². The predicted molar refractivity (Wildman–Crippen MR) is 64.6 cm³/mol. The van der Waals surface area contributed by atoms with Crippen LogP contribution in [0.1, 0.15) is 23.0 Å². The first-order valence-electron chi connectivity index (χ1n) is 4.85. The van der Waals surface area contributed by atoms with Crippen molar-refractivity contribution in [1.29, 1.82) is 0 Å². The molecule has 1 unspecified atom stereocenters. The molecule has 1 rings (SSSR count). The number of carbonyl (C=O) groups is 1. The van der Waals surface area contributed by atoms with E-state index in [-0.39, 0.29) is 27.5 Å². The summed E-state index contributed by atoms with van der Waals surface area (Å²) in [4.78, 5) is 21.7. The minimum atomic E-state index is -0.640. The Balaban J connectivity index is 2.83. The lowest BCUT2D eigenvalue weighted by Gasteiger charge is -2.12. The molecule has 0 radical (unpaired) electrons. The molecule has 0 aromatic carbocycles. The Kier molecular flexibility index (Phi) is 4.86. The molecule has 0 spiro atoms. The highest BCUT2D eigenvalue weighted by Gasteiger charge is 2.22. The van der Waals surface area contributed by atoms with Crippen molar-refractivity contribution in [1.82, 2.24) is 5.32 Å². The van der Waals surface area contributed by atoms with Crippen LogP contribution < -0.4 is 5.32 Å². The Bertz CT molecular complexity index is 431. The largest absolute Gasteiger partial charge is 0.394 e. The summed E-state index contributed by atoms with van der Waals surface area (Å²) in [5, 5.41) is 22.0. The molecule has 0 aliphatic carbocycles. The molecule has 6 nitrogen and oxygen atoms in total. The Morgan fingerprint density at radius 2 is 2.41 bits per heavy atom. The van der Waals surface area contributed by atoms with E-state index in [1.807, 2.05) is 6.92 Å². The fourth-order valence-electron chi connectivity index (χ4n) is 1.13. The predicted octanol–water partition coefficient (Wildman–Crippen LogP) is 1.81. The topological polar surface area (TPSA) is 92.5 Å². The van der Waals surface area contributed by atoms with Crippen molar-refractivity contribution in [3.8, 4) is 0 Å². The molecule has 8 heteroatoms. The van der Waals surface area contributed by atoms with Crippen LogP contribution in [-0.2, 0) is 0 Å². The SMILES string of the molecule is CCC(CO)NC(=O)c1cc([N+](=O)[O-])c(Cl)s1. The molecule has 0 aliphatic heterocycles. The van der Waals surface area contributed by atoms with Crippen LogP contribution in [0.5, 0.6) is 0 Å². The van der Waals surface area contributed by atoms with Gasteiger partial charge in [-0.3, -0.25) is 14.9 Å². The number of nitrogens with zero attached hydrogens (tertiary/aromatic N) is 1. The van der Waals surface area contributed by atoms with Crippen molar-refractivity contribution < 1.29 is 14.8 Å². The molecule has 0 bridgehead atoms. The van der Waals surface area contributed by atoms with Crippen LogP contribution in [0.4, 0.5) is 5.69 Å². The van der Waals surface area contributed by atoms with Gasteiger partial charge in [0.1, 0.15) is 4.88 Å². The van der Waals surface area contributed by atoms with Gasteiger partial charge in [0, 0.05) is 6.07 Å². The van der Waals surface area contributed by atoms with Crippen molar-refractivity contribution in [2.24, 2.45) is 0 Å². The first-order valence-corrected chi connectivity index (χ1v) is 6.04. The van der Waals surface area contributed by atoms with E-state index in [9.17, 15) is 14.9 Å². The van der Waals surface area contributed by atoms with Crippen molar-refractivity contribution in [3.63, 3.8) is 0 Å². The monoisotopic (exact) mass is 278 g/mol. The average molecular weight is 279 g/mol. The Hall–Kier alpha value is -1.18. The first-order chi connectivity index (χ1) is 7.99. The second kappa shape index (κ2) is 5.95. The number of rotatable bonds is 5. The average Bonchev–Trinajstić information content (AvgIpc) is 2.68. The van der Waals surface area contributed by atoms with Crippen LogP contribution in [0.25, 0.3) is 0 Å². The number of amides is 1. The van der Waals surface area contributed by atoms with Gasteiger partial charge in [0.15, 0.2) is 4.34 Å². The first kappa shape index (κ1) is 13.9. The van der Waals surface area contributed by atoms with Gasteiger partial charge in [-0.05, 0) is 6.42 Å². The lowest BCUT2D eigenvalue weighted by Crippen LogP contribution is -2.36. The lowest BCUT2D eigenvalue weighted by atomic mass is 10.2. The van der Waals surface area contributed by atoms with Crippen molar-refractivity contribution in [3.05, 3.63) is 25.4 Å². The van der Waals surface area contributed by atoms with Crippen LogP contribution in [-0.4, -0.2) is 28.6 Å². The molecule has 1 aromatic heterocycles. The van der Waals surface area contributed by atoms with Crippen LogP contribution >= 0.6 is 22.9 Å². The number of hydrogen-bond acceptors (Lipinski definition) is 5. The van der Waals surface area contributed by atoms with Crippen LogP contribution in [0.2, 0.25) is 4.34 Å². The molecule has 0 saturated carbocycles. The second-order valence-corrected chi connectivity index (χ2v) is 4.94. The van der Waals surface area contributed by atoms with Crippen LogP contribution in [0.3, 0.4) is 0 Å². The maximum absolute atomic E-state index is 11.7. The number of nitrogens with one attached hydrogen (secondary N) is 1. The van der Waals surface area contributed by atoms with E-state index in [4.69, 9.17) is 16.7 Å². The summed E-state index contributed by atoms with van der Waals surface area (Å²) in [6.07, 6.45) is 0.573. The zero-order chi connectivity index (χ0) is 13.0. The molecular weight excluding hydrogens is 268 g/mol. The minimum absolute atomic E-state index is 0.0304. The summed E-state index contributed by atoms with van der Waals surface area (Å²) in [6.45, 7) is 1.63. The number of nitro groups is 1. The summed E-state index contributed by atoms with van der Waals surface area (Å²) in [5.41, 5.74) is -0.279. The number of carbonyl (C=O) groups excluding carboxylic acids is 1. The summed E-state index contributed by atoms with van der Waals surface area (Å²) in [6, 6.07) is 0.773. The maximum Gasteiger partial charge on any atom is 0.299 e. The van der Waals surface area contributed by atoms with E-state index < -0.39 is 10.8 Å². The number of halogens is 1. The zero-order valence-corrected chi connectivity index (χ0v) is 10.5. The third kappa shape index (κ3) is 3.39. The number of aliphatic hydroxyl groups excluding tert-OH is 1. The van der Waals surface area contributed by atoms with E-state index in [2.05, 4.69) is 5.32 Å². The zero-order valence-electron chi connectivity index (χ0n) is 8.97. The summed E-state index contributed by atoms with van der Waals surface area (Å²) in [7, 11) is 0. The van der Waals surface area contributed by atoms with Gasteiger partial charge in [0.25, 0.3) is 11.6 Å². The van der Waals surface area contributed by atoms with E-state index in [0.717, 1.165) is 17.4 Å². The molecule has 17 heavy (non-hydrogen) atoms. The highest BCUT2D eigenvalue weighted by molar-refractivity contribution is 7.18. The van der Waals surface area contributed by atoms with Crippen molar-refractivity contribution in [2.45, 2.75) is 19.4 Å². The number of aliphatic hydroxyl groups is 1. The smallest absolute Gasteiger partial charge is 0.299 e. The number of thiophene rings is 1. The lowest BCUT2D eigenvalue weighted by molar-refractivity contribution is -0.384. The van der Waals surface area contributed by atoms with E-state index in [1.165, 1.54) is 0 Å². The van der Waals surface area contributed by atoms with Gasteiger partial charge < -0.3 is 10.4 Å². The molecule has 1 heterocycles. The molecular formula is C9H11ClN2O4S. The van der Waals surface area contributed by atoms with E-state index >= 15 is 0 Å². The van der Waals surface area contributed by atoms with Gasteiger partial charge in [-0.2, -0.15) is 0 Å². The third-order valence-electron chi connectivity index (χ3n) is 2.14. The standard InChI is InChI=1S/C9H11ClN2O4S/c1-2-5(4-13)11-9(14)7-3-6(12(15)16)8(10)17-7/h3,5,13H,2,4H2,1H3,(H,11,14). The molecule has 1 aromatic rings. The van der Waals surface area contributed by atoms with Crippen LogP contribution in [0.15, 0.2) is 6.07 Å². The molecule has 94 valence electrons. The van der Waals surface area contributed by atoms with Gasteiger partial charge in [-0.15, -0.1) is 11.3 Å². The molecule has 1 amide bonds. The minimum Gasteiger partial charge on any atom is -0.394 e.